The molecule has 2 aromatic carbocycles. The summed E-state index contributed by atoms with van der Waals surface area (Å²) in [4.78, 5) is -0.335. The zero-order valence-electron chi connectivity index (χ0n) is 14.7. The van der Waals surface area contributed by atoms with E-state index in [-0.39, 0.29) is 17.5 Å². The van der Waals surface area contributed by atoms with Gasteiger partial charge in [0.1, 0.15) is 5.75 Å². The van der Waals surface area contributed by atoms with Crippen LogP contribution in [0.3, 0.4) is 0 Å². The normalized spacial score (nSPS) is 15.6. The first-order valence-electron chi connectivity index (χ1n) is 8.54. The lowest BCUT2D eigenvalue weighted by atomic mass is 9.93. The Bertz CT molecular complexity index is 891. The lowest BCUT2D eigenvalue weighted by molar-refractivity contribution is -0.137. The summed E-state index contributed by atoms with van der Waals surface area (Å²) in [5.74, 6) is 0.648. The molecule has 27 heavy (non-hydrogen) atoms. The Morgan fingerprint density at radius 1 is 1.11 bits per heavy atom. The van der Waals surface area contributed by atoms with Crippen LogP contribution in [-0.2, 0) is 22.7 Å². The highest BCUT2D eigenvalue weighted by Crippen LogP contribution is 2.34. The van der Waals surface area contributed by atoms with Crippen molar-refractivity contribution in [2.24, 2.45) is 0 Å². The molecule has 0 radical (unpaired) electrons. The zero-order valence-corrected chi connectivity index (χ0v) is 15.6. The maximum absolute atomic E-state index is 13.1. The Labute approximate surface area is 156 Å². The predicted octanol–water partition coefficient (Wildman–Crippen LogP) is 4.46. The molecule has 1 aliphatic carbocycles. The standard InChI is InChI=1S/C19H20F3NO3S/c1-26-17-10-8-14(9-11-17)13-23(16-5-3-6-16)27(24,25)18-7-2-4-15(12-18)19(20,21)22/h2,4,7-12,16H,3,5-6,13H2,1H3. The van der Waals surface area contributed by atoms with Gasteiger partial charge in [-0.25, -0.2) is 8.42 Å². The van der Waals surface area contributed by atoms with Gasteiger partial charge in [0.25, 0.3) is 0 Å². The van der Waals surface area contributed by atoms with E-state index in [1.165, 1.54) is 17.5 Å². The predicted molar refractivity (Wildman–Crippen MR) is 94.8 cm³/mol. The molecular formula is C19H20F3NO3S. The largest absolute Gasteiger partial charge is 0.497 e. The summed E-state index contributed by atoms with van der Waals surface area (Å²) in [6.45, 7) is 0.104. The second-order valence-electron chi connectivity index (χ2n) is 6.51. The second kappa shape index (κ2) is 7.52. The SMILES string of the molecule is COc1ccc(CN(C2CCC2)S(=O)(=O)c2cccc(C(F)(F)F)c2)cc1. The van der Waals surface area contributed by atoms with Gasteiger partial charge >= 0.3 is 6.18 Å². The molecule has 0 atom stereocenters. The van der Waals surface area contributed by atoms with Gasteiger partial charge in [-0.05, 0) is 48.7 Å². The quantitative estimate of drug-likeness (QED) is 0.721. The van der Waals surface area contributed by atoms with E-state index in [2.05, 4.69) is 0 Å². The molecular weight excluding hydrogens is 379 g/mol. The average molecular weight is 399 g/mol. The summed E-state index contributed by atoms with van der Waals surface area (Å²) in [6.07, 6.45) is -2.28. The summed E-state index contributed by atoms with van der Waals surface area (Å²) in [6, 6.07) is 10.7. The molecule has 146 valence electrons. The van der Waals surface area contributed by atoms with E-state index in [1.54, 1.807) is 24.3 Å². The minimum Gasteiger partial charge on any atom is -0.497 e. The number of halogens is 3. The van der Waals surface area contributed by atoms with Crippen LogP contribution in [0.1, 0.15) is 30.4 Å². The summed E-state index contributed by atoms with van der Waals surface area (Å²) in [5.41, 5.74) is -0.222. The molecule has 0 aromatic heterocycles. The summed E-state index contributed by atoms with van der Waals surface area (Å²) < 4.78 is 71.6. The summed E-state index contributed by atoms with van der Waals surface area (Å²) in [5, 5.41) is 0. The van der Waals surface area contributed by atoms with Gasteiger partial charge in [0.15, 0.2) is 0 Å². The number of hydrogen-bond acceptors (Lipinski definition) is 3. The van der Waals surface area contributed by atoms with Gasteiger partial charge in [-0.15, -0.1) is 0 Å². The third-order valence-electron chi connectivity index (χ3n) is 4.75. The van der Waals surface area contributed by atoms with Crippen LogP contribution in [0, 0.1) is 0 Å². The van der Waals surface area contributed by atoms with Gasteiger partial charge < -0.3 is 4.74 Å². The van der Waals surface area contributed by atoms with Crippen molar-refractivity contribution in [3.63, 3.8) is 0 Å². The fraction of sp³-hybridized carbons (Fsp3) is 0.368. The average Bonchev–Trinajstić information content (AvgIpc) is 2.59. The van der Waals surface area contributed by atoms with E-state index in [1.807, 2.05) is 0 Å². The van der Waals surface area contributed by atoms with Crippen LogP contribution in [-0.4, -0.2) is 25.9 Å². The highest BCUT2D eigenvalue weighted by Gasteiger charge is 2.37. The number of hydrogen-bond donors (Lipinski definition) is 0. The zero-order chi connectivity index (χ0) is 19.7. The minimum atomic E-state index is -4.59. The van der Waals surface area contributed by atoms with Crippen LogP contribution in [0.5, 0.6) is 5.75 Å². The van der Waals surface area contributed by atoms with Crippen LogP contribution in [0.4, 0.5) is 13.2 Å². The molecule has 0 unspecified atom stereocenters. The molecule has 0 saturated heterocycles. The number of sulfonamides is 1. The van der Waals surface area contributed by atoms with E-state index >= 15 is 0 Å². The van der Waals surface area contributed by atoms with E-state index in [0.29, 0.717) is 24.7 Å². The summed E-state index contributed by atoms with van der Waals surface area (Å²) in [7, 11) is -2.52. The molecule has 0 heterocycles. The number of nitrogens with zero attached hydrogens (tertiary/aromatic N) is 1. The van der Waals surface area contributed by atoms with Crippen molar-refractivity contribution in [1.82, 2.24) is 4.31 Å². The maximum atomic E-state index is 13.1. The summed E-state index contributed by atoms with van der Waals surface area (Å²) >= 11 is 0. The van der Waals surface area contributed by atoms with E-state index in [0.717, 1.165) is 24.1 Å². The fourth-order valence-electron chi connectivity index (χ4n) is 2.96. The lowest BCUT2D eigenvalue weighted by Crippen LogP contribution is -2.43. The van der Waals surface area contributed by atoms with Crippen molar-refractivity contribution >= 4 is 10.0 Å². The number of alkyl halides is 3. The monoisotopic (exact) mass is 399 g/mol. The highest BCUT2D eigenvalue weighted by atomic mass is 32.2. The Morgan fingerprint density at radius 3 is 2.30 bits per heavy atom. The molecule has 0 spiro atoms. The Hall–Kier alpha value is -2.06. The van der Waals surface area contributed by atoms with Gasteiger partial charge in [0.2, 0.25) is 10.0 Å². The van der Waals surface area contributed by atoms with Gasteiger partial charge in [-0.2, -0.15) is 17.5 Å². The molecule has 8 heteroatoms. The molecule has 0 N–H and O–H groups in total. The van der Waals surface area contributed by atoms with Crippen LogP contribution < -0.4 is 4.74 Å². The third kappa shape index (κ3) is 4.27. The lowest BCUT2D eigenvalue weighted by Gasteiger charge is -2.36. The Kier molecular flexibility index (Phi) is 5.48. The molecule has 0 aliphatic heterocycles. The molecule has 3 rings (SSSR count). The molecule has 1 saturated carbocycles. The van der Waals surface area contributed by atoms with Crippen molar-refractivity contribution < 1.29 is 26.3 Å². The Morgan fingerprint density at radius 2 is 1.78 bits per heavy atom. The van der Waals surface area contributed by atoms with Crippen LogP contribution >= 0.6 is 0 Å². The van der Waals surface area contributed by atoms with Gasteiger partial charge in [-0.3, -0.25) is 0 Å². The number of rotatable bonds is 6. The van der Waals surface area contributed by atoms with Crippen molar-refractivity contribution in [2.45, 2.75) is 42.9 Å². The van der Waals surface area contributed by atoms with Gasteiger partial charge in [0.05, 0.1) is 17.6 Å². The van der Waals surface area contributed by atoms with Crippen molar-refractivity contribution in [1.29, 1.82) is 0 Å². The van der Waals surface area contributed by atoms with Gasteiger partial charge in [-0.1, -0.05) is 24.6 Å². The topological polar surface area (TPSA) is 46.6 Å². The molecule has 0 amide bonds. The third-order valence-corrected chi connectivity index (χ3v) is 6.64. The van der Waals surface area contributed by atoms with Crippen molar-refractivity contribution in [2.75, 3.05) is 7.11 Å². The highest BCUT2D eigenvalue weighted by molar-refractivity contribution is 7.89. The fourth-order valence-corrected chi connectivity index (χ4v) is 4.68. The van der Waals surface area contributed by atoms with E-state index in [4.69, 9.17) is 4.74 Å². The number of ether oxygens (including phenoxy) is 1. The first-order valence-corrected chi connectivity index (χ1v) is 9.98. The van der Waals surface area contributed by atoms with Crippen LogP contribution in [0.25, 0.3) is 0 Å². The number of benzene rings is 2. The van der Waals surface area contributed by atoms with Crippen LogP contribution in [0.2, 0.25) is 0 Å². The van der Waals surface area contributed by atoms with E-state index < -0.39 is 21.8 Å². The van der Waals surface area contributed by atoms with Crippen molar-refractivity contribution in [3.8, 4) is 5.75 Å². The number of methoxy groups -OCH3 is 1. The molecule has 1 aliphatic rings. The van der Waals surface area contributed by atoms with Crippen molar-refractivity contribution in [3.05, 3.63) is 59.7 Å². The van der Waals surface area contributed by atoms with Gasteiger partial charge in [0, 0.05) is 12.6 Å². The first-order chi connectivity index (χ1) is 12.7. The maximum Gasteiger partial charge on any atom is 0.416 e. The first kappa shape index (κ1) is 19.7. The molecule has 1 fully saturated rings. The Balaban J connectivity index is 1.93. The smallest absolute Gasteiger partial charge is 0.416 e. The van der Waals surface area contributed by atoms with E-state index in [9.17, 15) is 21.6 Å². The van der Waals surface area contributed by atoms with Crippen LogP contribution in [0.15, 0.2) is 53.4 Å². The molecule has 0 bridgehead atoms. The minimum absolute atomic E-state index is 0.104. The molecule has 4 nitrogen and oxygen atoms in total. The second-order valence-corrected chi connectivity index (χ2v) is 8.40. The molecule has 2 aromatic rings.